The molecule has 0 spiro atoms. The van der Waals surface area contributed by atoms with Gasteiger partial charge in [-0.05, 0) is 56.2 Å². The maximum Gasteiger partial charge on any atom is 0.0578 e. The van der Waals surface area contributed by atoms with Gasteiger partial charge in [0.15, 0.2) is 0 Å². The quantitative estimate of drug-likeness (QED) is 0.777. The smallest absolute Gasteiger partial charge is 0.0578 e. The van der Waals surface area contributed by atoms with Crippen LogP contribution in [0, 0.1) is 6.92 Å². The molecule has 0 amide bonds. The summed E-state index contributed by atoms with van der Waals surface area (Å²) in [5, 5.41) is 3.61. The Morgan fingerprint density at radius 3 is 2.67 bits per heavy atom. The van der Waals surface area contributed by atoms with Gasteiger partial charge in [0.1, 0.15) is 0 Å². The molecule has 0 aliphatic rings. The zero-order chi connectivity index (χ0) is 13.1. The first-order valence-electron chi connectivity index (χ1n) is 6.21. The van der Waals surface area contributed by atoms with E-state index in [2.05, 4.69) is 72.3 Å². The van der Waals surface area contributed by atoms with Crippen molar-refractivity contribution < 1.29 is 0 Å². The average Bonchev–Trinajstić information content (AvgIpc) is 2.78. The fourth-order valence-electron chi connectivity index (χ4n) is 1.99. The van der Waals surface area contributed by atoms with Crippen LogP contribution in [0.2, 0.25) is 0 Å². The number of benzene rings is 1. The highest BCUT2D eigenvalue weighted by molar-refractivity contribution is 9.10. The minimum atomic E-state index is 0.357. The van der Waals surface area contributed by atoms with E-state index < -0.39 is 0 Å². The molecule has 0 fully saturated rings. The second-order valence-electron chi connectivity index (χ2n) is 4.47. The lowest BCUT2D eigenvalue weighted by Gasteiger charge is -2.17. The van der Waals surface area contributed by atoms with Crippen molar-refractivity contribution >= 4 is 33.0 Å². The monoisotopic (exact) mass is 323 g/mol. The van der Waals surface area contributed by atoms with Gasteiger partial charge in [0.25, 0.3) is 0 Å². The summed E-state index contributed by atoms with van der Waals surface area (Å²) in [6, 6.07) is 11.2. The van der Waals surface area contributed by atoms with Crippen molar-refractivity contribution in [2.24, 2.45) is 0 Å². The van der Waals surface area contributed by atoms with E-state index in [1.54, 1.807) is 0 Å². The number of aryl methyl sites for hydroxylation is 2. The highest BCUT2D eigenvalue weighted by Crippen LogP contribution is 2.28. The van der Waals surface area contributed by atoms with Crippen LogP contribution in [0.25, 0.3) is 0 Å². The second kappa shape index (κ2) is 5.89. The summed E-state index contributed by atoms with van der Waals surface area (Å²) in [6.45, 7) is 6.55. The van der Waals surface area contributed by atoms with Crippen LogP contribution in [0.5, 0.6) is 0 Å². The van der Waals surface area contributed by atoms with Crippen molar-refractivity contribution in [2.75, 3.05) is 5.32 Å². The lowest BCUT2D eigenvalue weighted by atomic mass is 10.1. The third-order valence-electron chi connectivity index (χ3n) is 3.01. The summed E-state index contributed by atoms with van der Waals surface area (Å²) < 4.78 is 1.14. The number of nitrogens with one attached hydrogen (secondary N) is 1. The minimum Gasteiger partial charge on any atom is -0.377 e. The van der Waals surface area contributed by atoms with Gasteiger partial charge in [-0.3, -0.25) is 0 Å². The molecule has 1 heterocycles. The summed E-state index contributed by atoms with van der Waals surface area (Å²) in [7, 11) is 0. The molecule has 0 aliphatic carbocycles. The van der Waals surface area contributed by atoms with Crippen LogP contribution >= 0.6 is 27.3 Å². The zero-order valence-electron chi connectivity index (χ0n) is 11.0. The van der Waals surface area contributed by atoms with Crippen molar-refractivity contribution in [3.63, 3.8) is 0 Å². The predicted molar refractivity (Wildman–Crippen MR) is 84.6 cm³/mol. The fourth-order valence-corrected chi connectivity index (χ4v) is 3.27. The largest absolute Gasteiger partial charge is 0.377 e. The summed E-state index contributed by atoms with van der Waals surface area (Å²) in [4.78, 5) is 2.75. The highest BCUT2D eigenvalue weighted by Gasteiger charge is 2.09. The molecular weight excluding hydrogens is 306 g/mol. The molecule has 1 N–H and O–H groups in total. The van der Waals surface area contributed by atoms with Crippen molar-refractivity contribution in [3.05, 3.63) is 50.1 Å². The molecule has 1 atom stereocenters. The van der Waals surface area contributed by atoms with Crippen molar-refractivity contribution in [2.45, 2.75) is 33.2 Å². The molecule has 2 aromatic rings. The fraction of sp³-hybridized carbons (Fsp3) is 0.333. The van der Waals surface area contributed by atoms with Crippen molar-refractivity contribution in [3.8, 4) is 0 Å². The number of anilines is 1. The van der Waals surface area contributed by atoms with E-state index in [9.17, 15) is 0 Å². The Morgan fingerprint density at radius 2 is 2.06 bits per heavy atom. The third kappa shape index (κ3) is 3.15. The summed E-state index contributed by atoms with van der Waals surface area (Å²) >= 11 is 5.39. The molecular formula is C15H18BrNS. The van der Waals surface area contributed by atoms with Gasteiger partial charge in [0.2, 0.25) is 0 Å². The Morgan fingerprint density at radius 1 is 1.28 bits per heavy atom. The van der Waals surface area contributed by atoms with Gasteiger partial charge in [-0.25, -0.2) is 0 Å². The molecule has 0 radical (unpaired) electrons. The van der Waals surface area contributed by atoms with Crippen LogP contribution in [0.3, 0.4) is 0 Å². The molecule has 18 heavy (non-hydrogen) atoms. The van der Waals surface area contributed by atoms with Gasteiger partial charge >= 0.3 is 0 Å². The van der Waals surface area contributed by atoms with Gasteiger partial charge in [-0.15, -0.1) is 11.3 Å². The normalized spacial score (nSPS) is 12.4. The number of hydrogen-bond donors (Lipinski definition) is 1. The van der Waals surface area contributed by atoms with Crippen LogP contribution in [0.15, 0.2) is 34.8 Å². The van der Waals surface area contributed by atoms with Gasteiger partial charge < -0.3 is 5.32 Å². The van der Waals surface area contributed by atoms with Gasteiger partial charge in [0.05, 0.1) is 6.04 Å². The lowest BCUT2D eigenvalue weighted by molar-refractivity contribution is 0.901. The number of halogens is 1. The van der Waals surface area contributed by atoms with Crippen LogP contribution < -0.4 is 5.32 Å². The minimum absolute atomic E-state index is 0.357. The molecule has 0 bridgehead atoms. The summed E-state index contributed by atoms with van der Waals surface area (Å²) in [5.74, 6) is 0. The van der Waals surface area contributed by atoms with E-state index >= 15 is 0 Å². The number of hydrogen-bond acceptors (Lipinski definition) is 2. The number of rotatable bonds is 4. The van der Waals surface area contributed by atoms with Crippen molar-refractivity contribution in [1.82, 2.24) is 0 Å². The van der Waals surface area contributed by atoms with Gasteiger partial charge in [-0.1, -0.05) is 22.9 Å². The zero-order valence-corrected chi connectivity index (χ0v) is 13.4. The Bertz CT molecular complexity index is 533. The molecule has 0 saturated heterocycles. The van der Waals surface area contributed by atoms with Gasteiger partial charge in [-0.2, -0.15) is 0 Å². The molecule has 1 aromatic heterocycles. The van der Waals surface area contributed by atoms with E-state index in [-0.39, 0.29) is 0 Å². The Labute approximate surface area is 121 Å². The van der Waals surface area contributed by atoms with E-state index in [0.29, 0.717) is 6.04 Å². The predicted octanol–water partition coefficient (Wildman–Crippen LogP) is 5.55. The van der Waals surface area contributed by atoms with E-state index in [1.165, 1.54) is 21.0 Å². The highest BCUT2D eigenvalue weighted by atomic mass is 79.9. The second-order valence-corrected chi connectivity index (χ2v) is 6.70. The first-order chi connectivity index (χ1) is 8.60. The average molecular weight is 324 g/mol. The lowest BCUT2D eigenvalue weighted by Crippen LogP contribution is -2.06. The first-order valence-corrected chi connectivity index (χ1v) is 7.82. The van der Waals surface area contributed by atoms with E-state index in [4.69, 9.17) is 0 Å². The van der Waals surface area contributed by atoms with Gasteiger partial charge in [0, 0.05) is 19.9 Å². The van der Waals surface area contributed by atoms with Crippen LogP contribution in [-0.2, 0) is 6.42 Å². The number of thiophene rings is 1. The maximum atomic E-state index is 3.61. The molecule has 0 aliphatic heterocycles. The molecule has 1 aromatic carbocycles. The SMILES string of the molecule is CCc1cc(Br)ccc1NC(C)c1ccc(C)s1. The van der Waals surface area contributed by atoms with E-state index in [0.717, 1.165) is 10.9 Å². The molecule has 2 rings (SSSR count). The van der Waals surface area contributed by atoms with Crippen LogP contribution in [0.1, 0.15) is 35.2 Å². The Hall–Kier alpha value is -0.800. The van der Waals surface area contributed by atoms with Crippen LogP contribution in [-0.4, -0.2) is 0 Å². The Kier molecular flexibility index (Phi) is 4.46. The topological polar surface area (TPSA) is 12.0 Å². The third-order valence-corrected chi connectivity index (χ3v) is 4.68. The van der Waals surface area contributed by atoms with Crippen molar-refractivity contribution in [1.29, 1.82) is 0 Å². The molecule has 1 nitrogen and oxygen atoms in total. The first kappa shape index (κ1) is 13.6. The summed E-state index contributed by atoms with van der Waals surface area (Å²) in [6.07, 6.45) is 1.04. The molecule has 1 unspecified atom stereocenters. The van der Waals surface area contributed by atoms with Crippen LogP contribution in [0.4, 0.5) is 5.69 Å². The summed E-state index contributed by atoms with van der Waals surface area (Å²) in [5.41, 5.74) is 2.59. The molecule has 0 saturated carbocycles. The maximum absolute atomic E-state index is 3.61. The molecule has 3 heteroatoms. The van der Waals surface area contributed by atoms with E-state index in [1.807, 2.05) is 11.3 Å². The Balaban J connectivity index is 2.18. The standard InChI is InChI=1S/C15H18BrNS/c1-4-12-9-13(16)6-7-14(12)17-11(3)15-8-5-10(2)18-15/h5-9,11,17H,4H2,1-3H3. The molecule has 96 valence electrons.